The lowest BCUT2D eigenvalue weighted by Gasteiger charge is -2.58. The van der Waals surface area contributed by atoms with Crippen LogP contribution in [0.3, 0.4) is 0 Å². The van der Waals surface area contributed by atoms with Crippen molar-refractivity contribution in [1.29, 1.82) is 0 Å². The molecule has 4 amide bonds. The molecule has 0 aromatic carbocycles. The zero-order chi connectivity index (χ0) is 34.2. The van der Waals surface area contributed by atoms with Gasteiger partial charge in [-0.3, -0.25) is 24.0 Å². The maximum absolute atomic E-state index is 13.4. The van der Waals surface area contributed by atoms with E-state index in [2.05, 4.69) is 30.8 Å². The van der Waals surface area contributed by atoms with Gasteiger partial charge in [0.1, 0.15) is 18.3 Å². The average molecular weight is 664 g/mol. The summed E-state index contributed by atoms with van der Waals surface area (Å²) in [6.45, 7) is 1.70. The number of nitrogens with one attached hydrogen (secondary N) is 3. The molecule has 5 saturated carbocycles. The molecule has 0 radical (unpaired) electrons. The van der Waals surface area contributed by atoms with E-state index in [-0.39, 0.29) is 66.1 Å². The zero-order valence-electron chi connectivity index (χ0n) is 27.0. The van der Waals surface area contributed by atoms with E-state index in [9.17, 15) is 28.8 Å². The molecule has 0 spiro atoms. The summed E-state index contributed by atoms with van der Waals surface area (Å²) in [5, 5.41) is 12.2. The normalized spacial score (nSPS) is 26.9. The second kappa shape index (κ2) is 13.0. The van der Waals surface area contributed by atoms with E-state index in [4.69, 9.17) is 10.3 Å². The molecule has 48 heavy (non-hydrogen) atoms. The minimum atomic E-state index is -1.15. The quantitative estimate of drug-likeness (QED) is 0.178. The van der Waals surface area contributed by atoms with E-state index in [1.165, 1.54) is 42.2 Å². The van der Waals surface area contributed by atoms with Crippen molar-refractivity contribution in [3.63, 3.8) is 0 Å². The van der Waals surface area contributed by atoms with Crippen molar-refractivity contribution in [2.45, 2.75) is 88.8 Å². The van der Waals surface area contributed by atoms with Gasteiger partial charge in [0.15, 0.2) is 5.82 Å². The predicted octanol–water partition coefficient (Wildman–Crippen LogP) is 1.33. The van der Waals surface area contributed by atoms with Gasteiger partial charge >= 0.3 is 17.8 Å². The number of esters is 1. The SMILES string of the molecule is COC(=O)/C=C/CC[C@H](NC(=O)c1nc(C2(C)CC2)no1)C(=O)Nc1cccn(CC(=O)NC2C3CC4CC2CC(C(N)=O)(C4)C3)c1=O. The number of pyridine rings is 1. The maximum Gasteiger partial charge on any atom is 0.330 e. The van der Waals surface area contributed by atoms with Crippen molar-refractivity contribution in [1.82, 2.24) is 25.3 Å². The van der Waals surface area contributed by atoms with Gasteiger partial charge in [0.25, 0.3) is 5.56 Å². The Morgan fingerprint density at radius 2 is 1.90 bits per heavy atom. The predicted molar refractivity (Wildman–Crippen MR) is 169 cm³/mol. The molecule has 3 atom stereocenters. The number of anilines is 1. The second-order valence-corrected chi connectivity index (χ2v) is 14.1. The van der Waals surface area contributed by atoms with Crippen molar-refractivity contribution in [3.8, 4) is 0 Å². The van der Waals surface area contributed by atoms with Crippen molar-refractivity contribution in [2.75, 3.05) is 12.4 Å². The zero-order valence-corrected chi connectivity index (χ0v) is 27.0. The van der Waals surface area contributed by atoms with Crippen LogP contribution < -0.4 is 27.2 Å². The third kappa shape index (κ3) is 6.76. The molecule has 2 heterocycles. The number of rotatable bonds is 13. The van der Waals surface area contributed by atoms with E-state index in [1.54, 1.807) is 0 Å². The molecule has 5 N–H and O–H groups in total. The Bertz CT molecular complexity index is 1690. The number of primary amides is 1. The van der Waals surface area contributed by atoms with E-state index >= 15 is 0 Å². The molecule has 5 aliphatic rings. The standard InChI is InChI=1S/C33H41N7O8/c1-32(9-10-32)31-38-28(48-39-31)27(44)35-21(6-3-4-8-24(42)47-2)26(43)36-22-7-5-11-40(29(22)45)17-23(41)37-25-19-12-18-13-20(25)16-33(14-18,15-19)30(34)46/h4-5,7-8,11,18-21,25H,3,6,9-10,12-17H2,1-2H3,(H2,34,46)(H,35,44)(H,36,43)(H,37,41)/b8-4+/t18?,19?,20?,21-,25?,33?/m0/s1. The highest BCUT2D eigenvalue weighted by molar-refractivity contribution is 5.99. The van der Waals surface area contributed by atoms with Gasteiger partial charge in [-0.25, -0.2) is 4.79 Å². The third-order valence-electron chi connectivity index (χ3n) is 10.6. The summed E-state index contributed by atoms with van der Waals surface area (Å²) >= 11 is 0. The van der Waals surface area contributed by atoms with Crippen LogP contribution in [0.15, 0.2) is 39.8 Å². The van der Waals surface area contributed by atoms with Crippen molar-refractivity contribution in [2.24, 2.45) is 28.9 Å². The fourth-order valence-electron chi connectivity index (χ4n) is 7.90. The van der Waals surface area contributed by atoms with Gasteiger partial charge in [-0.2, -0.15) is 4.98 Å². The Morgan fingerprint density at radius 1 is 1.17 bits per heavy atom. The molecule has 2 aromatic rings. The number of aromatic nitrogens is 3. The van der Waals surface area contributed by atoms with Gasteiger partial charge in [0.2, 0.25) is 17.7 Å². The highest BCUT2D eigenvalue weighted by Crippen LogP contribution is 2.59. The number of nitrogens with zero attached hydrogens (tertiary/aromatic N) is 3. The Morgan fingerprint density at radius 3 is 2.56 bits per heavy atom. The number of nitrogens with two attached hydrogens (primary N) is 1. The number of ether oxygens (including phenoxy) is 1. The molecule has 7 rings (SSSR count). The van der Waals surface area contributed by atoms with Gasteiger partial charge < -0.3 is 35.5 Å². The molecular formula is C33H41N7O8. The first kappa shape index (κ1) is 33.1. The van der Waals surface area contributed by atoms with Crippen LogP contribution in [0.25, 0.3) is 0 Å². The number of allylic oxidation sites excluding steroid dienone is 1. The molecule has 2 aromatic heterocycles. The molecule has 4 bridgehead atoms. The first-order valence-corrected chi connectivity index (χ1v) is 16.4. The Kier molecular flexibility index (Phi) is 8.96. The number of amides is 4. The first-order chi connectivity index (χ1) is 22.9. The van der Waals surface area contributed by atoms with Crippen LogP contribution in [0.2, 0.25) is 0 Å². The summed E-state index contributed by atoms with van der Waals surface area (Å²) in [6.07, 6.45) is 10.3. The molecule has 5 fully saturated rings. The summed E-state index contributed by atoms with van der Waals surface area (Å²) in [5.41, 5.74) is 4.40. The summed E-state index contributed by atoms with van der Waals surface area (Å²) in [5.74, 6) is -1.71. The molecule has 5 aliphatic carbocycles. The number of methoxy groups -OCH3 is 1. The second-order valence-electron chi connectivity index (χ2n) is 14.1. The lowest BCUT2D eigenvalue weighted by atomic mass is 9.47. The van der Waals surface area contributed by atoms with Crippen LogP contribution in [0.4, 0.5) is 5.69 Å². The van der Waals surface area contributed by atoms with Crippen molar-refractivity contribution < 1.29 is 33.2 Å². The summed E-state index contributed by atoms with van der Waals surface area (Å²) < 4.78 is 10.9. The van der Waals surface area contributed by atoms with E-state index < -0.39 is 34.8 Å². The largest absolute Gasteiger partial charge is 0.466 e. The number of hydrogen-bond acceptors (Lipinski definition) is 10. The molecule has 2 unspecified atom stereocenters. The molecular weight excluding hydrogens is 622 g/mol. The van der Waals surface area contributed by atoms with Crippen LogP contribution >= 0.6 is 0 Å². The van der Waals surface area contributed by atoms with Gasteiger partial charge in [-0.15, -0.1) is 0 Å². The monoisotopic (exact) mass is 663 g/mol. The van der Waals surface area contributed by atoms with Crippen LogP contribution in [0, 0.1) is 23.2 Å². The summed E-state index contributed by atoms with van der Waals surface area (Å²) in [6, 6.07) is 1.71. The molecule has 0 saturated heterocycles. The average Bonchev–Trinajstić information content (AvgIpc) is 3.58. The Labute approximate surface area is 276 Å². The molecule has 0 aliphatic heterocycles. The fourth-order valence-corrected chi connectivity index (χ4v) is 7.90. The van der Waals surface area contributed by atoms with E-state index in [0.717, 1.165) is 32.1 Å². The van der Waals surface area contributed by atoms with Crippen LogP contribution in [-0.2, 0) is 35.9 Å². The van der Waals surface area contributed by atoms with E-state index in [1.807, 2.05) is 6.92 Å². The van der Waals surface area contributed by atoms with Crippen molar-refractivity contribution >= 4 is 35.3 Å². The third-order valence-corrected chi connectivity index (χ3v) is 10.6. The van der Waals surface area contributed by atoms with Gasteiger partial charge in [-0.1, -0.05) is 18.2 Å². The molecule has 15 nitrogen and oxygen atoms in total. The van der Waals surface area contributed by atoms with Crippen molar-refractivity contribution in [3.05, 3.63) is 52.6 Å². The van der Waals surface area contributed by atoms with Gasteiger partial charge in [0, 0.05) is 29.1 Å². The highest BCUT2D eigenvalue weighted by atomic mass is 16.5. The van der Waals surface area contributed by atoms with E-state index in [0.29, 0.717) is 24.6 Å². The minimum absolute atomic E-state index is 0.0643. The maximum atomic E-state index is 13.4. The van der Waals surface area contributed by atoms with Gasteiger partial charge in [-0.05, 0) is 87.7 Å². The molecule has 15 heteroatoms. The molecule has 256 valence electrons. The number of carbonyl (C=O) groups is 5. The lowest BCUT2D eigenvalue weighted by molar-refractivity contribution is -0.147. The van der Waals surface area contributed by atoms with Crippen LogP contribution in [0.1, 0.15) is 81.2 Å². The summed E-state index contributed by atoms with van der Waals surface area (Å²) in [7, 11) is 1.24. The number of carbonyl (C=O) groups excluding carboxylic acids is 5. The van der Waals surface area contributed by atoms with Crippen LogP contribution in [-0.4, -0.2) is 63.5 Å². The minimum Gasteiger partial charge on any atom is -0.466 e. The fraction of sp³-hybridized carbons (Fsp3) is 0.576. The van der Waals surface area contributed by atoms with Crippen LogP contribution in [0.5, 0.6) is 0 Å². The lowest BCUT2D eigenvalue weighted by Crippen LogP contribution is -2.62. The highest BCUT2D eigenvalue weighted by Gasteiger charge is 2.58. The summed E-state index contributed by atoms with van der Waals surface area (Å²) in [4.78, 5) is 80.9. The Hall–Kier alpha value is -4.82. The smallest absolute Gasteiger partial charge is 0.330 e. The van der Waals surface area contributed by atoms with Gasteiger partial charge in [0.05, 0.1) is 7.11 Å². The first-order valence-electron chi connectivity index (χ1n) is 16.4. The Balaban J connectivity index is 1.10. The topological polar surface area (TPSA) is 218 Å². The number of hydrogen-bond donors (Lipinski definition) is 4.